The van der Waals surface area contributed by atoms with Gasteiger partial charge in [0, 0.05) is 6.07 Å². The third kappa shape index (κ3) is 4.05. The summed E-state index contributed by atoms with van der Waals surface area (Å²) in [4.78, 5) is 0. The van der Waals surface area contributed by atoms with Gasteiger partial charge in [-0.3, -0.25) is 0 Å². The Balaban J connectivity index is 0.000000145. The van der Waals surface area contributed by atoms with Crippen molar-refractivity contribution in [3.05, 3.63) is 17.5 Å². The Morgan fingerprint density at radius 1 is 1.54 bits per heavy atom. The zero-order valence-corrected chi connectivity index (χ0v) is 7.99. The maximum Gasteiger partial charge on any atom is 0.150 e. The predicted octanol–water partition coefficient (Wildman–Crippen LogP) is 0.797. The zero-order chi connectivity index (χ0) is 9.68. The molecule has 4 heteroatoms. The van der Waals surface area contributed by atoms with Gasteiger partial charge < -0.3 is 16.0 Å². The second kappa shape index (κ2) is 4.99. The molecule has 2 rings (SSSR count). The summed E-state index contributed by atoms with van der Waals surface area (Å²) in [6.07, 6.45) is 2.77. The molecule has 0 amide bonds. The van der Waals surface area contributed by atoms with Crippen LogP contribution in [0.2, 0.25) is 0 Å². The van der Waals surface area contributed by atoms with Crippen LogP contribution in [-0.2, 0) is 6.54 Å². The molecule has 1 saturated carbocycles. The predicted molar refractivity (Wildman–Crippen MR) is 50.9 cm³/mol. The smallest absolute Gasteiger partial charge is 0.150 e. The van der Waals surface area contributed by atoms with Gasteiger partial charge in [0.05, 0.1) is 12.2 Å². The van der Waals surface area contributed by atoms with Crippen molar-refractivity contribution in [2.45, 2.75) is 26.3 Å². The highest BCUT2D eigenvalue weighted by atomic mass is 16.5. The third-order valence-corrected chi connectivity index (χ3v) is 1.91. The summed E-state index contributed by atoms with van der Waals surface area (Å²) in [6, 6.07) is 1.82. The topological polar surface area (TPSA) is 78.1 Å². The van der Waals surface area contributed by atoms with Gasteiger partial charge in [0.2, 0.25) is 0 Å². The molecule has 0 unspecified atom stereocenters. The van der Waals surface area contributed by atoms with E-state index >= 15 is 0 Å². The summed E-state index contributed by atoms with van der Waals surface area (Å²) in [6.45, 7) is 3.21. The van der Waals surface area contributed by atoms with Crippen molar-refractivity contribution in [3.8, 4) is 0 Å². The molecule has 1 heterocycles. The third-order valence-electron chi connectivity index (χ3n) is 1.91. The van der Waals surface area contributed by atoms with E-state index in [2.05, 4.69) is 5.16 Å². The molecular formula is C9H17N3O. The molecule has 1 aliphatic rings. The van der Waals surface area contributed by atoms with Crippen LogP contribution in [0.25, 0.3) is 0 Å². The fraction of sp³-hybridized carbons (Fsp3) is 0.667. The largest absolute Gasteiger partial charge is 0.360 e. The van der Waals surface area contributed by atoms with E-state index in [1.54, 1.807) is 0 Å². The van der Waals surface area contributed by atoms with Crippen molar-refractivity contribution in [2.75, 3.05) is 6.54 Å². The Bertz CT molecular complexity index is 243. The number of nitrogens with zero attached hydrogens (tertiary/aromatic N) is 1. The van der Waals surface area contributed by atoms with Gasteiger partial charge in [0.1, 0.15) is 0 Å². The molecule has 0 atom stereocenters. The SMILES string of the molecule is Cc1cc(CN)on1.NCC1CC1. The minimum Gasteiger partial charge on any atom is -0.360 e. The number of aryl methyl sites for hydroxylation is 1. The molecule has 1 aliphatic carbocycles. The van der Waals surface area contributed by atoms with Crippen molar-refractivity contribution in [3.63, 3.8) is 0 Å². The van der Waals surface area contributed by atoms with Crippen LogP contribution in [0.5, 0.6) is 0 Å². The summed E-state index contributed by atoms with van der Waals surface area (Å²) in [7, 11) is 0. The highest BCUT2D eigenvalue weighted by Gasteiger charge is 2.17. The molecule has 0 aromatic carbocycles. The molecule has 0 aliphatic heterocycles. The van der Waals surface area contributed by atoms with Crippen molar-refractivity contribution in [2.24, 2.45) is 17.4 Å². The van der Waals surface area contributed by atoms with E-state index in [0.717, 1.165) is 23.9 Å². The van der Waals surface area contributed by atoms with Gasteiger partial charge in [-0.15, -0.1) is 0 Å². The highest BCUT2D eigenvalue weighted by molar-refractivity contribution is 5.01. The summed E-state index contributed by atoms with van der Waals surface area (Å²) in [5.74, 6) is 1.65. The van der Waals surface area contributed by atoms with Gasteiger partial charge in [0.15, 0.2) is 5.76 Å². The van der Waals surface area contributed by atoms with Gasteiger partial charge in [-0.05, 0) is 32.2 Å². The summed E-state index contributed by atoms with van der Waals surface area (Å²) < 4.78 is 4.74. The quantitative estimate of drug-likeness (QED) is 0.710. The van der Waals surface area contributed by atoms with Crippen LogP contribution in [0.15, 0.2) is 10.6 Å². The molecule has 74 valence electrons. The van der Waals surface area contributed by atoms with E-state index in [0.29, 0.717) is 6.54 Å². The second-order valence-corrected chi connectivity index (χ2v) is 3.32. The monoisotopic (exact) mass is 183 g/mol. The van der Waals surface area contributed by atoms with Crippen molar-refractivity contribution in [1.82, 2.24) is 5.16 Å². The van der Waals surface area contributed by atoms with Crippen LogP contribution in [0.1, 0.15) is 24.3 Å². The minimum atomic E-state index is 0.431. The van der Waals surface area contributed by atoms with Crippen LogP contribution in [0, 0.1) is 12.8 Å². The van der Waals surface area contributed by atoms with Crippen LogP contribution >= 0.6 is 0 Å². The molecule has 4 N–H and O–H groups in total. The molecule has 0 saturated heterocycles. The van der Waals surface area contributed by atoms with Crippen LogP contribution in [0.4, 0.5) is 0 Å². The lowest BCUT2D eigenvalue weighted by molar-refractivity contribution is 0.381. The first-order valence-electron chi connectivity index (χ1n) is 4.58. The van der Waals surface area contributed by atoms with Gasteiger partial charge in [-0.1, -0.05) is 5.16 Å². The Kier molecular flexibility index (Phi) is 3.92. The summed E-state index contributed by atoms with van der Waals surface area (Å²) in [5, 5.41) is 3.63. The van der Waals surface area contributed by atoms with Gasteiger partial charge in [-0.25, -0.2) is 0 Å². The Morgan fingerprint density at radius 2 is 2.23 bits per heavy atom. The lowest BCUT2D eigenvalue weighted by atomic mass is 10.4. The molecule has 1 fully saturated rings. The van der Waals surface area contributed by atoms with Gasteiger partial charge in [-0.2, -0.15) is 0 Å². The maximum atomic E-state index is 5.23. The van der Waals surface area contributed by atoms with Crippen molar-refractivity contribution >= 4 is 0 Å². The van der Waals surface area contributed by atoms with Crippen LogP contribution < -0.4 is 11.5 Å². The molecule has 0 bridgehead atoms. The number of hydrogen-bond donors (Lipinski definition) is 2. The lowest BCUT2D eigenvalue weighted by Crippen LogP contribution is -1.98. The highest BCUT2D eigenvalue weighted by Crippen LogP contribution is 2.26. The first-order valence-corrected chi connectivity index (χ1v) is 4.58. The second-order valence-electron chi connectivity index (χ2n) is 3.32. The van der Waals surface area contributed by atoms with Crippen LogP contribution in [0.3, 0.4) is 0 Å². The van der Waals surface area contributed by atoms with E-state index in [4.69, 9.17) is 16.0 Å². The molecule has 0 spiro atoms. The average Bonchev–Trinajstić information content (AvgIpc) is 2.90. The molecule has 13 heavy (non-hydrogen) atoms. The van der Waals surface area contributed by atoms with E-state index < -0.39 is 0 Å². The minimum absolute atomic E-state index is 0.431. The van der Waals surface area contributed by atoms with Gasteiger partial charge >= 0.3 is 0 Å². The molecule has 0 radical (unpaired) electrons. The molecular weight excluding hydrogens is 166 g/mol. The first kappa shape index (κ1) is 10.2. The fourth-order valence-corrected chi connectivity index (χ4v) is 0.866. The van der Waals surface area contributed by atoms with Gasteiger partial charge in [0.25, 0.3) is 0 Å². The maximum absolute atomic E-state index is 5.23. The fourth-order valence-electron chi connectivity index (χ4n) is 0.866. The van der Waals surface area contributed by atoms with E-state index in [9.17, 15) is 0 Å². The van der Waals surface area contributed by atoms with E-state index in [1.165, 1.54) is 12.8 Å². The summed E-state index contributed by atoms with van der Waals surface area (Å²) in [5.41, 5.74) is 11.3. The number of aromatic nitrogens is 1. The first-order chi connectivity index (χ1) is 6.26. The molecule has 1 aromatic rings. The van der Waals surface area contributed by atoms with E-state index in [1.807, 2.05) is 13.0 Å². The normalized spacial score (nSPS) is 15.0. The van der Waals surface area contributed by atoms with Crippen molar-refractivity contribution < 1.29 is 4.52 Å². The number of hydrogen-bond acceptors (Lipinski definition) is 4. The van der Waals surface area contributed by atoms with E-state index in [-0.39, 0.29) is 0 Å². The Hall–Kier alpha value is -0.870. The zero-order valence-electron chi connectivity index (χ0n) is 7.99. The Morgan fingerprint density at radius 3 is 2.38 bits per heavy atom. The number of nitrogens with two attached hydrogens (primary N) is 2. The summed E-state index contributed by atoms with van der Waals surface area (Å²) >= 11 is 0. The Labute approximate surface area is 78.3 Å². The van der Waals surface area contributed by atoms with Crippen LogP contribution in [-0.4, -0.2) is 11.7 Å². The lowest BCUT2D eigenvalue weighted by Gasteiger charge is -1.77. The standard InChI is InChI=1S/C5H8N2O.C4H9N/c1-4-2-5(3-6)8-7-4;5-3-4-1-2-4/h2H,3,6H2,1H3;4H,1-3,5H2. The molecule has 4 nitrogen and oxygen atoms in total. The number of rotatable bonds is 2. The molecule has 1 aromatic heterocycles. The average molecular weight is 183 g/mol. The van der Waals surface area contributed by atoms with Crippen molar-refractivity contribution in [1.29, 1.82) is 0 Å².